The van der Waals surface area contributed by atoms with Gasteiger partial charge in [0.15, 0.2) is 0 Å². The summed E-state index contributed by atoms with van der Waals surface area (Å²) in [7, 11) is 2.12. The topological polar surface area (TPSA) is 18.5 Å². The van der Waals surface area contributed by atoms with Crippen molar-refractivity contribution in [3.05, 3.63) is 35.2 Å². The van der Waals surface area contributed by atoms with Crippen LogP contribution < -0.4 is 10.2 Å². The van der Waals surface area contributed by atoms with Crippen LogP contribution in [0.3, 0.4) is 0 Å². The SMILES string of the molecule is CN1CCN(c2cc(C=C3CCNCC3)ccc2F)CC1. The number of halogens is 1. The number of nitrogens with one attached hydrogen (secondary N) is 1. The van der Waals surface area contributed by atoms with E-state index in [0.717, 1.165) is 63.4 Å². The predicted octanol–water partition coefficient (Wildman–Crippen LogP) is 2.34. The van der Waals surface area contributed by atoms with Crippen molar-refractivity contribution in [3.63, 3.8) is 0 Å². The van der Waals surface area contributed by atoms with Gasteiger partial charge in [-0.05, 0) is 50.7 Å². The largest absolute Gasteiger partial charge is 0.367 e. The third kappa shape index (κ3) is 3.63. The average molecular weight is 289 g/mol. The lowest BCUT2D eigenvalue weighted by Gasteiger charge is -2.34. The van der Waals surface area contributed by atoms with Gasteiger partial charge in [-0.3, -0.25) is 0 Å². The van der Waals surface area contributed by atoms with E-state index in [0.29, 0.717) is 0 Å². The molecule has 0 aliphatic carbocycles. The highest BCUT2D eigenvalue weighted by molar-refractivity contribution is 5.61. The molecule has 1 N–H and O–H groups in total. The maximum atomic E-state index is 14.1. The summed E-state index contributed by atoms with van der Waals surface area (Å²) in [4.78, 5) is 4.45. The highest BCUT2D eigenvalue weighted by Crippen LogP contribution is 2.24. The van der Waals surface area contributed by atoms with Gasteiger partial charge in [0.1, 0.15) is 5.82 Å². The van der Waals surface area contributed by atoms with E-state index < -0.39 is 0 Å². The second kappa shape index (κ2) is 6.58. The van der Waals surface area contributed by atoms with Gasteiger partial charge in [-0.2, -0.15) is 0 Å². The van der Waals surface area contributed by atoms with E-state index in [9.17, 15) is 4.39 Å². The number of piperazine rings is 1. The summed E-state index contributed by atoms with van der Waals surface area (Å²) in [6, 6.07) is 5.51. The Hall–Kier alpha value is -1.39. The molecule has 1 aromatic rings. The van der Waals surface area contributed by atoms with Crippen molar-refractivity contribution in [1.29, 1.82) is 0 Å². The number of anilines is 1. The molecule has 2 saturated heterocycles. The Labute approximate surface area is 126 Å². The van der Waals surface area contributed by atoms with Gasteiger partial charge in [0.25, 0.3) is 0 Å². The number of piperidine rings is 1. The number of hydrogen-bond donors (Lipinski definition) is 1. The fourth-order valence-corrected chi connectivity index (χ4v) is 3.04. The summed E-state index contributed by atoms with van der Waals surface area (Å²) >= 11 is 0. The lowest BCUT2D eigenvalue weighted by molar-refractivity contribution is 0.311. The molecule has 3 nitrogen and oxygen atoms in total. The van der Waals surface area contributed by atoms with E-state index in [1.54, 1.807) is 6.07 Å². The molecule has 0 spiro atoms. The van der Waals surface area contributed by atoms with Crippen LogP contribution in [0.15, 0.2) is 23.8 Å². The fourth-order valence-electron chi connectivity index (χ4n) is 3.04. The minimum Gasteiger partial charge on any atom is -0.367 e. The summed E-state index contributed by atoms with van der Waals surface area (Å²) in [6.07, 6.45) is 4.43. The molecule has 0 atom stereocenters. The van der Waals surface area contributed by atoms with Crippen LogP contribution in [0.25, 0.3) is 6.08 Å². The van der Waals surface area contributed by atoms with Gasteiger partial charge in [-0.15, -0.1) is 0 Å². The second-order valence-electron chi connectivity index (χ2n) is 6.05. The van der Waals surface area contributed by atoms with E-state index in [1.807, 2.05) is 12.1 Å². The molecular weight excluding hydrogens is 265 g/mol. The molecule has 0 amide bonds. The first-order valence-corrected chi connectivity index (χ1v) is 7.85. The quantitative estimate of drug-likeness (QED) is 0.901. The van der Waals surface area contributed by atoms with E-state index in [-0.39, 0.29) is 5.82 Å². The normalized spacial score (nSPS) is 20.7. The first-order chi connectivity index (χ1) is 10.2. The standard InChI is InChI=1S/C17H24FN3/c1-20-8-10-21(11-9-20)17-13-15(2-3-16(17)18)12-14-4-6-19-7-5-14/h2-3,12-13,19H,4-11H2,1H3. The number of likely N-dealkylation sites (N-methyl/N-ethyl adjacent to an activating group) is 1. The first-order valence-electron chi connectivity index (χ1n) is 7.85. The highest BCUT2D eigenvalue weighted by Gasteiger charge is 2.17. The minimum atomic E-state index is -0.105. The number of rotatable bonds is 2. The average Bonchev–Trinajstić information content (AvgIpc) is 2.51. The minimum absolute atomic E-state index is 0.105. The van der Waals surface area contributed by atoms with Gasteiger partial charge >= 0.3 is 0 Å². The molecule has 3 rings (SSSR count). The molecule has 114 valence electrons. The van der Waals surface area contributed by atoms with E-state index in [2.05, 4.69) is 28.2 Å². The molecular formula is C17H24FN3. The molecule has 4 heteroatoms. The van der Waals surface area contributed by atoms with Crippen molar-refractivity contribution in [2.75, 3.05) is 51.2 Å². The van der Waals surface area contributed by atoms with Crippen molar-refractivity contribution in [1.82, 2.24) is 10.2 Å². The Morgan fingerprint density at radius 3 is 2.52 bits per heavy atom. The number of hydrogen-bond acceptors (Lipinski definition) is 3. The molecule has 2 fully saturated rings. The van der Waals surface area contributed by atoms with E-state index in [4.69, 9.17) is 0 Å². The number of nitrogens with zero attached hydrogens (tertiary/aromatic N) is 2. The van der Waals surface area contributed by atoms with Gasteiger partial charge in [0, 0.05) is 26.2 Å². The Kier molecular flexibility index (Phi) is 4.56. The van der Waals surface area contributed by atoms with Crippen molar-refractivity contribution in [2.45, 2.75) is 12.8 Å². The van der Waals surface area contributed by atoms with Gasteiger partial charge < -0.3 is 15.1 Å². The summed E-state index contributed by atoms with van der Waals surface area (Å²) in [5.74, 6) is -0.105. The Morgan fingerprint density at radius 1 is 1.10 bits per heavy atom. The highest BCUT2D eigenvalue weighted by atomic mass is 19.1. The molecule has 0 radical (unpaired) electrons. The zero-order chi connectivity index (χ0) is 14.7. The van der Waals surface area contributed by atoms with Crippen LogP contribution in [-0.4, -0.2) is 51.2 Å². The fraction of sp³-hybridized carbons (Fsp3) is 0.529. The van der Waals surface area contributed by atoms with Crippen LogP contribution in [0.1, 0.15) is 18.4 Å². The van der Waals surface area contributed by atoms with Crippen molar-refractivity contribution < 1.29 is 4.39 Å². The molecule has 0 aromatic heterocycles. The Balaban J connectivity index is 1.79. The maximum Gasteiger partial charge on any atom is 0.146 e. The predicted molar refractivity (Wildman–Crippen MR) is 86.2 cm³/mol. The smallest absolute Gasteiger partial charge is 0.146 e. The van der Waals surface area contributed by atoms with E-state index >= 15 is 0 Å². The van der Waals surface area contributed by atoms with Gasteiger partial charge in [0.2, 0.25) is 0 Å². The van der Waals surface area contributed by atoms with Crippen molar-refractivity contribution in [2.24, 2.45) is 0 Å². The van der Waals surface area contributed by atoms with Crippen molar-refractivity contribution in [3.8, 4) is 0 Å². The zero-order valence-corrected chi connectivity index (χ0v) is 12.7. The van der Waals surface area contributed by atoms with Crippen LogP contribution in [0.5, 0.6) is 0 Å². The molecule has 2 heterocycles. The lowest BCUT2D eigenvalue weighted by atomic mass is 10.0. The van der Waals surface area contributed by atoms with Gasteiger partial charge in [-0.1, -0.05) is 17.7 Å². The maximum absolute atomic E-state index is 14.1. The molecule has 0 saturated carbocycles. The third-order valence-electron chi connectivity index (χ3n) is 4.43. The second-order valence-corrected chi connectivity index (χ2v) is 6.05. The van der Waals surface area contributed by atoms with Gasteiger partial charge in [0.05, 0.1) is 5.69 Å². The third-order valence-corrected chi connectivity index (χ3v) is 4.43. The molecule has 0 unspecified atom stereocenters. The number of benzene rings is 1. The van der Waals surface area contributed by atoms with E-state index in [1.165, 1.54) is 5.57 Å². The van der Waals surface area contributed by atoms with Crippen molar-refractivity contribution >= 4 is 11.8 Å². The molecule has 2 aliphatic heterocycles. The monoisotopic (exact) mass is 289 g/mol. The Morgan fingerprint density at radius 2 is 1.81 bits per heavy atom. The molecule has 1 aromatic carbocycles. The molecule has 0 bridgehead atoms. The lowest BCUT2D eigenvalue weighted by Crippen LogP contribution is -2.44. The first kappa shape index (κ1) is 14.5. The van der Waals surface area contributed by atoms with Crippen LogP contribution in [0.2, 0.25) is 0 Å². The molecule has 21 heavy (non-hydrogen) atoms. The Bertz CT molecular complexity index is 511. The summed E-state index contributed by atoms with van der Waals surface area (Å²) < 4.78 is 14.1. The molecule has 2 aliphatic rings. The summed E-state index contributed by atoms with van der Waals surface area (Å²) in [5, 5.41) is 3.36. The van der Waals surface area contributed by atoms with Gasteiger partial charge in [-0.25, -0.2) is 4.39 Å². The summed E-state index contributed by atoms with van der Waals surface area (Å²) in [5.41, 5.74) is 3.35. The van der Waals surface area contributed by atoms with Crippen LogP contribution in [0, 0.1) is 5.82 Å². The van der Waals surface area contributed by atoms with Crippen LogP contribution in [-0.2, 0) is 0 Å². The summed E-state index contributed by atoms with van der Waals surface area (Å²) in [6.45, 7) is 5.90. The van der Waals surface area contributed by atoms with Crippen LogP contribution in [0.4, 0.5) is 10.1 Å². The van der Waals surface area contributed by atoms with Crippen LogP contribution >= 0.6 is 0 Å². The zero-order valence-electron chi connectivity index (χ0n) is 12.7.